The number of pyridine rings is 1. The van der Waals surface area contributed by atoms with Gasteiger partial charge in [0, 0.05) is 55.1 Å². The van der Waals surface area contributed by atoms with Gasteiger partial charge in [0.25, 0.3) is 0 Å². The molecule has 0 bridgehead atoms. The number of hydrogen-bond donors (Lipinski definition) is 2. The number of halogens is 3. The van der Waals surface area contributed by atoms with E-state index in [1.165, 1.54) is 0 Å². The van der Waals surface area contributed by atoms with E-state index in [-0.39, 0.29) is 30.8 Å². The first kappa shape index (κ1) is 25.8. The Morgan fingerprint density at radius 3 is 2.47 bits per heavy atom. The molecule has 2 N–H and O–H groups in total. The highest BCUT2D eigenvalue weighted by Crippen LogP contribution is 2.36. The molecule has 0 spiro atoms. The lowest BCUT2D eigenvalue weighted by Crippen LogP contribution is -2.55. The van der Waals surface area contributed by atoms with Crippen molar-refractivity contribution in [3.63, 3.8) is 0 Å². The third kappa shape index (κ3) is 4.97. The lowest BCUT2D eigenvalue weighted by Gasteiger charge is -2.44. The topological polar surface area (TPSA) is 70.3 Å². The van der Waals surface area contributed by atoms with Gasteiger partial charge < -0.3 is 14.7 Å². The minimum Gasteiger partial charge on any atom is -0.371 e. The number of nitrogens with zero attached hydrogens (tertiary/aromatic N) is 4. The molecular weight excluding hydrogens is 489 g/mol. The average molecular weight is 521 g/mol. The summed E-state index contributed by atoms with van der Waals surface area (Å²) in [5.41, 5.74) is 5.24. The number of anilines is 1. The fourth-order valence-electron chi connectivity index (χ4n) is 5.66. The van der Waals surface area contributed by atoms with E-state index in [1.807, 2.05) is 29.3 Å². The van der Waals surface area contributed by atoms with Crippen molar-refractivity contribution in [3.8, 4) is 11.1 Å². The van der Waals surface area contributed by atoms with Gasteiger partial charge in [0.15, 0.2) is 0 Å². The first-order valence-corrected chi connectivity index (χ1v) is 12.8. The predicted octanol–water partition coefficient (Wildman–Crippen LogP) is 6.01. The summed E-state index contributed by atoms with van der Waals surface area (Å²) in [6.07, 6.45) is -2.04. The van der Waals surface area contributed by atoms with Crippen LogP contribution < -0.4 is 4.90 Å². The van der Waals surface area contributed by atoms with Gasteiger partial charge in [-0.1, -0.05) is 56.0 Å². The van der Waals surface area contributed by atoms with Gasteiger partial charge in [0.2, 0.25) is 5.84 Å². The molecule has 0 radical (unpaired) electrons. The molecule has 198 valence electrons. The molecule has 6 nitrogen and oxygen atoms in total. The average Bonchev–Trinajstić information content (AvgIpc) is 2.91. The Morgan fingerprint density at radius 1 is 1.03 bits per heavy atom. The van der Waals surface area contributed by atoms with Crippen LogP contribution in [0.15, 0.2) is 73.1 Å². The van der Waals surface area contributed by atoms with Crippen LogP contribution in [0, 0.1) is 22.7 Å². The molecule has 2 unspecified atom stereocenters. The lowest BCUT2D eigenvalue weighted by molar-refractivity contribution is -0.0676. The number of fused-ring (bicyclic) bond motifs is 1. The minimum atomic E-state index is -4.76. The number of nitrogens with one attached hydrogen (secondary N) is 2. The van der Waals surface area contributed by atoms with Crippen LogP contribution in [-0.2, 0) is 0 Å². The molecule has 9 heteroatoms. The van der Waals surface area contributed by atoms with E-state index >= 15 is 0 Å². The summed E-state index contributed by atoms with van der Waals surface area (Å²) in [6.45, 7) is 8.42. The molecule has 3 aromatic rings. The third-order valence-electron chi connectivity index (χ3n) is 7.71. The molecule has 2 aliphatic heterocycles. The second-order valence-corrected chi connectivity index (χ2v) is 10.1. The number of hydrogen-bond acceptors (Lipinski definition) is 5. The fraction of sp³-hybridized carbons (Fsp3) is 0.345. The Bertz CT molecular complexity index is 1370. The van der Waals surface area contributed by atoms with Crippen molar-refractivity contribution in [1.82, 2.24) is 14.8 Å². The second-order valence-electron chi connectivity index (χ2n) is 10.1. The van der Waals surface area contributed by atoms with E-state index < -0.39 is 12.0 Å². The molecule has 38 heavy (non-hydrogen) atoms. The van der Waals surface area contributed by atoms with Crippen molar-refractivity contribution in [2.45, 2.75) is 19.5 Å². The number of rotatable bonds is 4. The first-order valence-electron chi connectivity index (χ1n) is 12.8. The van der Waals surface area contributed by atoms with Gasteiger partial charge >= 0.3 is 6.18 Å². The number of allylic oxidation sites excluding steroid dienone is 1. The highest BCUT2D eigenvalue weighted by Gasteiger charge is 2.42. The van der Waals surface area contributed by atoms with Gasteiger partial charge in [0.1, 0.15) is 5.84 Å². The van der Waals surface area contributed by atoms with E-state index in [4.69, 9.17) is 10.8 Å². The molecule has 2 saturated heterocycles. The largest absolute Gasteiger partial charge is 0.449 e. The highest BCUT2D eigenvalue weighted by molar-refractivity contribution is 6.02. The van der Waals surface area contributed by atoms with Gasteiger partial charge in [-0.15, -0.1) is 0 Å². The van der Waals surface area contributed by atoms with Gasteiger partial charge in [-0.3, -0.25) is 15.8 Å². The lowest BCUT2D eigenvalue weighted by atomic mass is 9.83. The Kier molecular flexibility index (Phi) is 6.86. The van der Waals surface area contributed by atoms with E-state index in [1.54, 1.807) is 0 Å². The number of alkyl halides is 3. The van der Waals surface area contributed by atoms with Crippen LogP contribution in [0.1, 0.15) is 13.3 Å². The van der Waals surface area contributed by atoms with Crippen LogP contribution in [0.3, 0.4) is 0 Å². The maximum Gasteiger partial charge on any atom is 0.449 e. The summed E-state index contributed by atoms with van der Waals surface area (Å²) < 4.78 is 38.9. The predicted molar refractivity (Wildman–Crippen MR) is 146 cm³/mol. The Hall–Kier alpha value is -3.88. The summed E-state index contributed by atoms with van der Waals surface area (Å²) in [4.78, 5) is 9.66. The standard InChI is InChI=1S/C29H31F3N6/c1-19-17-37(26-10-12-35-25-16-22(8-9-24(25)26)21-6-4-3-5-7-21)13-11-23(19)20(2)36-14-15-38(27(33)18-36)28(34)29(30,31)32/h3-10,12,16,19,23,33-34H,2,11,13-15,17-18H2,1H3. The van der Waals surface area contributed by atoms with E-state index in [9.17, 15) is 13.2 Å². The molecule has 2 aliphatic rings. The maximum absolute atomic E-state index is 13.0. The SMILES string of the molecule is C=C(C1CCN(c2ccnc3cc(-c4ccccc4)ccc23)CC1C)N1CCN(C(=N)C(F)(F)F)C(=N)C1. The number of amidine groups is 2. The van der Waals surface area contributed by atoms with Crippen LogP contribution >= 0.6 is 0 Å². The molecule has 0 saturated carbocycles. The van der Waals surface area contributed by atoms with Crippen LogP contribution in [0.4, 0.5) is 18.9 Å². The molecule has 1 aromatic heterocycles. The molecule has 2 aromatic carbocycles. The number of aromatic nitrogens is 1. The Labute approximate surface area is 220 Å². The zero-order valence-corrected chi connectivity index (χ0v) is 21.3. The first-order chi connectivity index (χ1) is 18.1. The summed E-state index contributed by atoms with van der Waals surface area (Å²) in [7, 11) is 0. The van der Waals surface area contributed by atoms with Crippen LogP contribution in [0.25, 0.3) is 22.0 Å². The van der Waals surface area contributed by atoms with E-state index in [0.29, 0.717) is 6.54 Å². The zero-order chi connectivity index (χ0) is 27.0. The van der Waals surface area contributed by atoms with Crippen molar-refractivity contribution in [2.75, 3.05) is 37.6 Å². The van der Waals surface area contributed by atoms with E-state index in [2.05, 4.69) is 59.8 Å². The smallest absolute Gasteiger partial charge is 0.371 e. The maximum atomic E-state index is 13.0. The van der Waals surface area contributed by atoms with Gasteiger partial charge in [0.05, 0.1) is 12.1 Å². The minimum absolute atomic E-state index is 0.0307. The fourth-order valence-corrected chi connectivity index (χ4v) is 5.66. The molecule has 2 atom stereocenters. The monoisotopic (exact) mass is 520 g/mol. The summed E-state index contributed by atoms with van der Waals surface area (Å²) in [6, 6.07) is 18.7. The molecule has 0 amide bonds. The number of piperazine rings is 1. The summed E-state index contributed by atoms with van der Waals surface area (Å²) in [5.74, 6) is -1.26. The van der Waals surface area contributed by atoms with Gasteiger partial charge in [-0.2, -0.15) is 13.2 Å². The van der Waals surface area contributed by atoms with Gasteiger partial charge in [-0.05, 0) is 35.6 Å². The molecule has 3 heterocycles. The van der Waals surface area contributed by atoms with Crippen LogP contribution in [0.5, 0.6) is 0 Å². The van der Waals surface area contributed by atoms with Crippen molar-refractivity contribution < 1.29 is 13.2 Å². The molecule has 5 rings (SSSR count). The van der Waals surface area contributed by atoms with Crippen LogP contribution in [-0.4, -0.2) is 65.4 Å². The normalized spacial score (nSPS) is 20.6. The van der Waals surface area contributed by atoms with Crippen molar-refractivity contribution >= 4 is 28.3 Å². The second kappa shape index (κ2) is 10.1. The summed E-state index contributed by atoms with van der Waals surface area (Å²) >= 11 is 0. The van der Waals surface area contributed by atoms with E-state index in [0.717, 1.165) is 57.8 Å². The van der Waals surface area contributed by atoms with Crippen molar-refractivity contribution in [2.24, 2.45) is 11.8 Å². The zero-order valence-electron chi connectivity index (χ0n) is 21.3. The Morgan fingerprint density at radius 2 is 1.79 bits per heavy atom. The highest BCUT2D eigenvalue weighted by atomic mass is 19.4. The number of piperidine rings is 1. The summed E-state index contributed by atoms with van der Waals surface area (Å²) in [5, 5.41) is 16.6. The van der Waals surface area contributed by atoms with Crippen LogP contribution in [0.2, 0.25) is 0 Å². The number of benzene rings is 2. The molecule has 0 aliphatic carbocycles. The Balaban J connectivity index is 1.27. The molecular formula is C29H31F3N6. The van der Waals surface area contributed by atoms with Crippen molar-refractivity contribution in [1.29, 1.82) is 10.8 Å². The molecule has 2 fully saturated rings. The third-order valence-corrected chi connectivity index (χ3v) is 7.71. The van der Waals surface area contributed by atoms with Gasteiger partial charge in [-0.25, -0.2) is 0 Å². The van der Waals surface area contributed by atoms with Crippen molar-refractivity contribution in [3.05, 3.63) is 73.1 Å². The quantitative estimate of drug-likeness (QED) is 0.326.